The smallest absolute Gasteiger partial charge is 0.550 e. The van der Waals surface area contributed by atoms with Gasteiger partial charge in [0.25, 0.3) is 0 Å². The van der Waals surface area contributed by atoms with Crippen molar-refractivity contribution in [2.24, 2.45) is 11.5 Å². The number of carbonyl (C=O) groups excluding carboxylic acids is 4. The van der Waals surface area contributed by atoms with Crippen LogP contribution in [-0.2, 0) is 33.7 Å². The molecule has 0 aromatic rings. The van der Waals surface area contributed by atoms with E-state index in [2.05, 4.69) is 14.5 Å². The van der Waals surface area contributed by atoms with Gasteiger partial charge in [0.2, 0.25) is 5.39 Å². The second-order valence-corrected chi connectivity index (χ2v) is 4.17. The van der Waals surface area contributed by atoms with Crippen molar-refractivity contribution in [2.45, 2.75) is 37.8 Å². The zero-order valence-corrected chi connectivity index (χ0v) is 13.9. The largest absolute Gasteiger partial charge is 1.00 e. The molecule has 0 amide bonds. The zero-order chi connectivity index (χ0) is 16.0. The van der Waals surface area contributed by atoms with Gasteiger partial charge >= 0.3 is 47.5 Å². The van der Waals surface area contributed by atoms with E-state index in [4.69, 9.17) is 11.5 Å². The minimum Gasteiger partial charge on any atom is -0.550 e. The monoisotopic (exact) mass is 327 g/mol. The van der Waals surface area contributed by atoms with Crippen LogP contribution in [0.15, 0.2) is 0 Å². The Morgan fingerprint density at radius 3 is 2.64 bits per heavy atom. The Labute approximate surface area is 147 Å². The van der Waals surface area contributed by atoms with Crippen LogP contribution in [0.4, 0.5) is 0 Å². The Bertz CT molecular complexity index is 446. The molecule has 1 saturated heterocycles. The number of nitrogens with zero attached hydrogens (tertiary/aromatic N) is 1. The summed E-state index contributed by atoms with van der Waals surface area (Å²) in [6.45, 7) is 0. The molecule has 0 spiro atoms. The SMILES string of the molecule is N[C@@H]1CCC(=O)ON(OC(=O)[C@@H](N)CCC(=O)[O-])OC1=O.[Na+]. The van der Waals surface area contributed by atoms with Crippen molar-refractivity contribution in [3.8, 4) is 0 Å². The summed E-state index contributed by atoms with van der Waals surface area (Å²) in [4.78, 5) is 57.6. The third-order valence-electron chi connectivity index (χ3n) is 2.43. The van der Waals surface area contributed by atoms with E-state index in [1.165, 1.54) is 0 Å². The molecule has 0 saturated carbocycles. The average molecular weight is 327 g/mol. The number of carbonyl (C=O) groups is 4. The van der Waals surface area contributed by atoms with Crippen molar-refractivity contribution < 1.29 is 68.4 Å². The van der Waals surface area contributed by atoms with Crippen LogP contribution in [0.2, 0.25) is 0 Å². The van der Waals surface area contributed by atoms with Gasteiger partial charge in [0.1, 0.15) is 12.1 Å². The van der Waals surface area contributed by atoms with Gasteiger partial charge in [-0.2, -0.15) is 0 Å². The molecule has 0 unspecified atom stereocenters. The fraction of sp³-hybridized carbons (Fsp3) is 0.600. The van der Waals surface area contributed by atoms with Gasteiger partial charge in [-0.1, -0.05) is 0 Å². The maximum Gasteiger partial charge on any atom is 1.00 e. The Hall–Kier alpha value is -1.24. The molecule has 0 aromatic heterocycles. The number of rotatable bonds is 5. The van der Waals surface area contributed by atoms with Gasteiger partial charge in [0, 0.05) is 12.4 Å². The summed E-state index contributed by atoms with van der Waals surface area (Å²) in [5.74, 6) is -4.37. The molecule has 0 aliphatic carbocycles. The van der Waals surface area contributed by atoms with Gasteiger partial charge in [-0.05, 0) is 19.3 Å². The van der Waals surface area contributed by atoms with Gasteiger partial charge in [0.15, 0.2) is 0 Å². The average Bonchev–Trinajstić information content (AvgIpc) is 2.40. The van der Waals surface area contributed by atoms with E-state index >= 15 is 0 Å². The van der Waals surface area contributed by atoms with Crippen LogP contribution in [0, 0.1) is 0 Å². The van der Waals surface area contributed by atoms with Crippen molar-refractivity contribution >= 4 is 23.9 Å². The number of hydrogen-bond acceptors (Lipinski definition) is 11. The van der Waals surface area contributed by atoms with E-state index in [9.17, 15) is 24.3 Å². The topological polar surface area (TPSA) is 174 Å². The molecule has 1 aliphatic heterocycles. The molecule has 1 heterocycles. The maximum absolute atomic E-state index is 11.5. The molecule has 1 rings (SSSR count). The standard InChI is InChI=1S/C10H15N3O8.Na/c11-5(1-3-7(14)15)9(17)20-13-19-8(16)4-2-6(12)10(18)21-13;/h5-6H,1-4,11-12H2,(H,14,15);/q;+1/p-1/t5-,6+;/m0./s1. The molecule has 0 aromatic carbocycles. The maximum atomic E-state index is 11.5. The Balaban J connectivity index is 0.00000441. The van der Waals surface area contributed by atoms with Crippen LogP contribution in [0.1, 0.15) is 25.7 Å². The van der Waals surface area contributed by atoms with E-state index in [0.717, 1.165) is 0 Å². The molecule has 0 radical (unpaired) electrons. The van der Waals surface area contributed by atoms with E-state index in [-0.39, 0.29) is 54.2 Å². The first-order chi connectivity index (χ1) is 9.79. The van der Waals surface area contributed by atoms with Gasteiger partial charge in [-0.25, -0.2) is 9.59 Å². The normalized spacial score (nSPS) is 20.5. The second kappa shape index (κ2) is 9.71. The molecule has 12 heteroatoms. The number of hydrogen-bond donors (Lipinski definition) is 2. The molecule has 118 valence electrons. The summed E-state index contributed by atoms with van der Waals surface area (Å²) in [5.41, 5.74) is 10.7. The van der Waals surface area contributed by atoms with Crippen molar-refractivity contribution in [1.29, 1.82) is 0 Å². The van der Waals surface area contributed by atoms with E-state index in [0.29, 0.717) is 0 Å². The zero-order valence-electron chi connectivity index (χ0n) is 11.9. The molecule has 4 N–H and O–H groups in total. The molecular formula is C10H14N3NaO8. The summed E-state index contributed by atoms with van der Waals surface area (Å²) in [6.07, 6.45) is -0.900. The summed E-state index contributed by atoms with van der Waals surface area (Å²) in [6, 6.07) is -2.41. The quantitative estimate of drug-likeness (QED) is 0.459. The van der Waals surface area contributed by atoms with Gasteiger partial charge in [-0.3, -0.25) is 14.5 Å². The van der Waals surface area contributed by atoms with Gasteiger partial charge < -0.3 is 26.2 Å². The molecule has 0 bridgehead atoms. The summed E-state index contributed by atoms with van der Waals surface area (Å²) >= 11 is 0. The molecule has 1 fully saturated rings. The molecule has 2 atom stereocenters. The van der Waals surface area contributed by atoms with Crippen LogP contribution >= 0.6 is 0 Å². The summed E-state index contributed by atoms with van der Waals surface area (Å²) < 4.78 is 0. The Kier molecular flexibility index (Phi) is 9.16. The van der Waals surface area contributed by atoms with Crippen LogP contribution in [-0.4, -0.2) is 41.4 Å². The van der Waals surface area contributed by atoms with Crippen molar-refractivity contribution in [3.63, 3.8) is 0 Å². The molecule has 11 nitrogen and oxygen atoms in total. The number of nitrogens with two attached hydrogens (primary N) is 2. The Morgan fingerprint density at radius 2 is 2.05 bits per heavy atom. The minimum atomic E-state index is -1.40. The first kappa shape index (κ1) is 20.8. The number of carboxylic acid groups (broad SMARTS) is 1. The summed E-state index contributed by atoms with van der Waals surface area (Å²) in [5, 5.41) is 10.1. The van der Waals surface area contributed by atoms with Crippen LogP contribution < -0.4 is 46.1 Å². The minimum absolute atomic E-state index is 0. The van der Waals surface area contributed by atoms with E-state index in [1.807, 2.05) is 0 Å². The third-order valence-corrected chi connectivity index (χ3v) is 2.43. The fourth-order valence-corrected chi connectivity index (χ4v) is 1.25. The molecule has 22 heavy (non-hydrogen) atoms. The van der Waals surface area contributed by atoms with Crippen molar-refractivity contribution in [2.75, 3.05) is 0 Å². The number of carboxylic acids is 1. The van der Waals surface area contributed by atoms with Crippen LogP contribution in [0.5, 0.6) is 0 Å². The van der Waals surface area contributed by atoms with E-state index in [1.54, 1.807) is 0 Å². The predicted octanol–water partition coefficient (Wildman–Crippen LogP) is -6.35. The molecular weight excluding hydrogens is 313 g/mol. The summed E-state index contributed by atoms with van der Waals surface area (Å²) in [7, 11) is 0. The van der Waals surface area contributed by atoms with Crippen LogP contribution in [0.25, 0.3) is 0 Å². The third kappa shape index (κ3) is 7.15. The van der Waals surface area contributed by atoms with Crippen LogP contribution in [0.3, 0.4) is 0 Å². The Morgan fingerprint density at radius 1 is 1.41 bits per heavy atom. The fourth-order valence-electron chi connectivity index (χ4n) is 1.25. The predicted molar refractivity (Wildman–Crippen MR) is 59.5 cm³/mol. The first-order valence-corrected chi connectivity index (χ1v) is 5.95. The molecule has 1 aliphatic rings. The van der Waals surface area contributed by atoms with Crippen molar-refractivity contribution in [1.82, 2.24) is 5.39 Å². The number of aliphatic carboxylic acids is 1. The van der Waals surface area contributed by atoms with Gasteiger partial charge in [0.05, 0.1) is 0 Å². The first-order valence-electron chi connectivity index (χ1n) is 5.95. The van der Waals surface area contributed by atoms with Crippen molar-refractivity contribution in [3.05, 3.63) is 0 Å². The van der Waals surface area contributed by atoms with Gasteiger partial charge in [-0.15, -0.1) is 0 Å². The van der Waals surface area contributed by atoms with E-state index < -0.39 is 42.4 Å². The second-order valence-electron chi connectivity index (χ2n) is 4.17.